The Morgan fingerprint density at radius 1 is 0.906 bits per heavy atom. The summed E-state index contributed by atoms with van der Waals surface area (Å²) < 4.78 is 50.3. The standard InChI is InChI=1S/C23H21N3O4S2/c1-24-32(29,30)22-6-4-3-5-19(22)17-10-13-20-21(15-17)26-23(25-20)14-9-16-7-11-18(12-8-16)31(2,27)28/h3-15,24H,1-2H3,(H,25,26). The number of hydrogen-bond donors (Lipinski definition) is 2. The van der Waals surface area contributed by atoms with Crippen LogP contribution >= 0.6 is 0 Å². The molecule has 4 rings (SSSR count). The Balaban J connectivity index is 1.66. The van der Waals surface area contributed by atoms with Crippen molar-refractivity contribution in [3.05, 3.63) is 78.1 Å². The number of sulfonamides is 1. The number of imidazole rings is 1. The normalized spacial score (nSPS) is 12.6. The van der Waals surface area contributed by atoms with E-state index in [-0.39, 0.29) is 9.79 Å². The van der Waals surface area contributed by atoms with Gasteiger partial charge in [-0.05, 0) is 54.6 Å². The summed E-state index contributed by atoms with van der Waals surface area (Å²) in [5.41, 5.74) is 3.70. The average molecular weight is 468 g/mol. The lowest BCUT2D eigenvalue weighted by Gasteiger charge is -2.09. The molecule has 0 atom stereocenters. The average Bonchev–Trinajstić information content (AvgIpc) is 3.19. The van der Waals surface area contributed by atoms with Crippen LogP contribution in [-0.4, -0.2) is 40.1 Å². The molecule has 1 aromatic heterocycles. The van der Waals surface area contributed by atoms with Crippen molar-refractivity contribution in [2.45, 2.75) is 9.79 Å². The second-order valence-corrected chi connectivity index (χ2v) is 11.1. The van der Waals surface area contributed by atoms with E-state index in [4.69, 9.17) is 0 Å². The van der Waals surface area contributed by atoms with E-state index in [0.29, 0.717) is 11.4 Å². The second-order valence-electron chi connectivity index (χ2n) is 7.23. The van der Waals surface area contributed by atoms with Crippen molar-refractivity contribution in [2.24, 2.45) is 0 Å². The fraction of sp³-hybridized carbons (Fsp3) is 0.0870. The number of H-pyrrole nitrogens is 1. The molecule has 9 heteroatoms. The summed E-state index contributed by atoms with van der Waals surface area (Å²) >= 11 is 0. The van der Waals surface area contributed by atoms with Gasteiger partial charge >= 0.3 is 0 Å². The molecule has 0 bridgehead atoms. The molecule has 3 aromatic carbocycles. The Labute approximate surface area is 186 Å². The topological polar surface area (TPSA) is 109 Å². The Hall–Kier alpha value is -3.27. The third kappa shape index (κ3) is 4.50. The van der Waals surface area contributed by atoms with E-state index in [1.54, 1.807) is 54.6 Å². The molecule has 164 valence electrons. The van der Waals surface area contributed by atoms with Crippen LogP contribution in [-0.2, 0) is 19.9 Å². The van der Waals surface area contributed by atoms with Crippen molar-refractivity contribution in [1.29, 1.82) is 0 Å². The molecule has 0 radical (unpaired) electrons. The van der Waals surface area contributed by atoms with Gasteiger partial charge in [0, 0.05) is 11.8 Å². The van der Waals surface area contributed by atoms with Crippen molar-refractivity contribution >= 4 is 43.0 Å². The molecule has 0 amide bonds. The first-order chi connectivity index (χ1) is 15.2. The van der Waals surface area contributed by atoms with Crippen molar-refractivity contribution < 1.29 is 16.8 Å². The molecular weight excluding hydrogens is 446 g/mol. The lowest BCUT2D eigenvalue weighted by molar-refractivity contribution is 0.588. The predicted octanol–water partition coefficient (Wildman–Crippen LogP) is 3.71. The van der Waals surface area contributed by atoms with Crippen molar-refractivity contribution in [2.75, 3.05) is 13.3 Å². The third-order valence-electron chi connectivity index (χ3n) is 5.00. The van der Waals surface area contributed by atoms with Crippen LogP contribution in [0.3, 0.4) is 0 Å². The Morgan fingerprint density at radius 3 is 2.31 bits per heavy atom. The first kappa shape index (κ1) is 21.9. The van der Waals surface area contributed by atoms with Gasteiger partial charge in [0.2, 0.25) is 10.0 Å². The zero-order valence-corrected chi connectivity index (χ0v) is 19.0. The first-order valence-electron chi connectivity index (χ1n) is 9.68. The minimum Gasteiger partial charge on any atom is -0.338 e. The van der Waals surface area contributed by atoms with Gasteiger partial charge < -0.3 is 4.98 Å². The van der Waals surface area contributed by atoms with Crippen LogP contribution in [0.1, 0.15) is 11.4 Å². The summed E-state index contributed by atoms with van der Waals surface area (Å²) in [5, 5.41) is 0. The highest BCUT2D eigenvalue weighted by Crippen LogP contribution is 2.29. The first-order valence-corrected chi connectivity index (χ1v) is 13.1. The molecule has 0 spiro atoms. The number of benzene rings is 3. The molecule has 0 aliphatic heterocycles. The lowest BCUT2D eigenvalue weighted by Crippen LogP contribution is -2.19. The minimum atomic E-state index is -3.60. The number of fused-ring (bicyclic) bond motifs is 1. The Kier molecular flexibility index (Phi) is 5.72. The highest BCUT2D eigenvalue weighted by atomic mass is 32.2. The zero-order chi connectivity index (χ0) is 22.9. The van der Waals surface area contributed by atoms with Crippen LogP contribution in [0.25, 0.3) is 34.3 Å². The highest BCUT2D eigenvalue weighted by Gasteiger charge is 2.17. The van der Waals surface area contributed by atoms with Gasteiger partial charge in [0.05, 0.1) is 20.8 Å². The fourth-order valence-electron chi connectivity index (χ4n) is 3.33. The van der Waals surface area contributed by atoms with E-state index in [1.807, 2.05) is 24.3 Å². The molecule has 4 aromatic rings. The quantitative estimate of drug-likeness (QED) is 0.449. The van der Waals surface area contributed by atoms with Crippen LogP contribution in [0.5, 0.6) is 0 Å². The van der Waals surface area contributed by atoms with Crippen molar-refractivity contribution in [3.8, 4) is 11.1 Å². The number of hydrogen-bond acceptors (Lipinski definition) is 5. The van der Waals surface area contributed by atoms with Gasteiger partial charge in [-0.25, -0.2) is 26.5 Å². The number of sulfone groups is 1. The molecule has 0 saturated carbocycles. The Bertz CT molecular complexity index is 1540. The maximum absolute atomic E-state index is 12.4. The van der Waals surface area contributed by atoms with E-state index < -0.39 is 19.9 Å². The fourth-order valence-corrected chi connectivity index (χ4v) is 4.91. The van der Waals surface area contributed by atoms with Gasteiger partial charge in [-0.3, -0.25) is 0 Å². The summed E-state index contributed by atoms with van der Waals surface area (Å²) in [6.07, 6.45) is 4.81. The molecule has 2 N–H and O–H groups in total. The smallest absolute Gasteiger partial charge is 0.240 e. The van der Waals surface area contributed by atoms with Gasteiger partial charge in [0.25, 0.3) is 0 Å². The molecule has 0 aliphatic carbocycles. The molecule has 0 aliphatic rings. The summed E-state index contributed by atoms with van der Waals surface area (Å²) in [7, 11) is -5.44. The van der Waals surface area contributed by atoms with E-state index >= 15 is 0 Å². The third-order valence-corrected chi connectivity index (χ3v) is 7.60. The molecule has 32 heavy (non-hydrogen) atoms. The zero-order valence-electron chi connectivity index (χ0n) is 17.4. The number of rotatable bonds is 6. The van der Waals surface area contributed by atoms with Gasteiger partial charge in [-0.1, -0.05) is 42.5 Å². The van der Waals surface area contributed by atoms with Crippen molar-refractivity contribution in [3.63, 3.8) is 0 Å². The largest absolute Gasteiger partial charge is 0.338 e. The van der Waals surface area contributed by atoms with E-state index in [9.17, 15) is 16.8 Å². The summed E-state index contributed by atoms with van der Waals surface area (Å²) in [5.74, 6) is 0.625. The van der Waals surface area contributed by atoms with Crippen LogP contribution in [0.15, 0.2) is 76.5 Å². The van der Waals surface area contributed by atoms with Crippen LogP contribution < -0.4 is 4.72 Å². The van der Waals surface area contributed by atoms with Gasteiger partial charge in [-0.2, -0.15) is 0 Å². The summed E-state index contributed by atoms with van der Waals surface area (Å²) in [6.45, 7) is 0. The van der Waals surface area contributed by atoms with Crippen molar-refractivity contribution in [1.82, 2.24) is 14.7 Å². The maximum Gasteiger partial charge on any atom is 0.240 e. The molecular formula is C23H21N3O4S2. The van der Waals surface area contributed by atoms with E-state index in [2.05, 4.69) is 14.7 Å². The number of aromatic nitrogens is 2. The van der Waals surface area contributed by atoms with Gasteiger partial charge in [-0.15, -0.1) is 0 Å². The molecule has 0 fully saturated rings. The number of nitrogens with zero attached hydrogens (tertiary/aromatic N) is 1. The van der Waals surface area contributed by atoms with Crippen LogP contribution in [0.4, 0.5) is 0 Å². The van der Waals surface area contributed by atoms with Gasteiger partial charge in [0.15, 0.2) is 9.84 Å². The molecule has 7 nitrogen and oxygen atoms in total. The molecule has 0 saturated heterocycles. The predicted molar refractivity (Wildman–Crippen MR) is 126 cm³/mol. The summed E-state index contributed by atoms with van der Waals surface area (Å²) in [6, 6.07) is 19.0. The maximum atomic E-state index is 12.4. The second kappa shape index (κ2) is 8.34. The van der Waals surface area contributed by atoms with Crippen LogP contribution in [0.2, 0.25) is 0 Å². The highest BCUT2D eigenvalue weighted by molar-refractivity contribution is 7.90. The number of aromatic amines is 1. The Morgan fingerprint density at radius 2 is 1.62 bits per heavy atom. The van der Waals surface area contributed by atoms with E-state index in [0.717, 1.165) is 22.2 Å². The number of nitrogens with one attached hydrogen (secondary N) is 2. The van der Waals surface area contributed by atoms with Gasteiger partial charge in [0.1, 0.15) is 5.82 Å². The van der Waals surface area contributed by atoms with Crippen LogP contribution in [0, 0.1) is 0 Å². The summed E-state index contributed by atoms with van der Waals surface area (Å²) in [4.78, 5) is 8.24. The molecule has 1 heterocycles. The SMILES string of the molecule is CNS(=O)(=O)c1ccccc1-c1ccc2nc(C=Cc3ccc(S(C)(=O)=O)cc3)[nH]c2c1. The monoisotopic (exact) mass is 467 g/mol. The molecule has 0 unspecified atom stereocenters. The minimum absolute atomic E-state index is 0.207. The lowest BCUT2D eigenvalue weighted by atomic mass is 10.1. The van der Waals surface area contributed by atoms with E-state index in [1.165, 1.54) is 13.3 Å².